The van der Waals surface area contributed by atoms with Crippen LogP contribution in [0, 0.1) is 11.8 Å². The number of rotatable bonds is 6. The molecule has 1 aliphatic rings. The number of aromatic hydroxyl groups is 1. The third-order valence-electron chi connectivity index (χ3n) is 4.07. The molecule has 2 rings (SSSR count). The van der Waals surface area contributed by atoms with E-state index in [1.54, 1.807) is 12.1 Å². The number of ketones is 1. The van der Waals surface area contributed by atoms with E-state index in [1.807, 2.05) is 13.8 Å². The predicted molar refractivity (Wildman–Crippen MR) is 84.7 cm³/mol. The molecule has 128 valence electrons. The van der Waals surface area contributed by atoms with E-state index in [-0.39, 0.29) is 11.7 Å². The number of carbonyl (C=O) groups excluding carboxylic acids is 4. The average molecular weight is 332 g/mol. The molecule has 1 saturated heterocycles. The number of benzene rings is 1. The van der Waals surface area contributed by atoms with Crippen LogP contribution in [0.4, 0.5) is 0 Å². The number of carbonyl (C=O) groups is 4. The fourth-order valence-corrected chi connectivity index (χ4v) is 2.97. The number of nitrogens with zero attached hydrogens (tertiary/aromatic N) is 1. The van der Waals surface area contributed by atoms with E-state index >= 15 is 0 Å². The van der Waals surface area contributed by atoms with Gasteiger partial charge in [-0.2, -0.15) is 0 Å². The Kier molecular flexibility index (Phi) is 5.02. The summed E-state index contributed by atoms with van der Waals surface area (Å²) >= 11 is 0. The summed E-state index contributed by atoms with van der Waals surface area (Å²) in [5.74, 6) is -4.28. The lowest BCUT2D eigenvalue weighted by atomic mass is 9.83. The second-order valence-electron chi connectivity index (χ2n) is 6.36. The molecule has 7 heteroatoms. The zero-order valence-electron chi connectivity index (χ0n) is 13.6. The van der Waals surface area contributed by atoms with E-state index in [2.05, 4.69) is 0 Å². The van der Waals surface area contributed by atoms with Crippen molar-refractivity contribution in [3.8, 4) is 5.75 Å². The highest BCUT2D eigenvalue weighted by Gasteiger charge is 2.48. The first kappa shape index (κ1) is 17.7. The summed E-state index contributed by atoms with van der Waals surface area (Å²) in [6.07, 6.45) is 0.470. The highest BCUT2D eigenvalue weighted by molar-refractivity contribution is 6.37. The van der Waals surface area contributed by atoms with Crippen molar-refractivity contribution in [2.45, 2.75) is 26.2 Å². The Morgan fingerprint density at radius 1 is 1.17 bits per heavy atom. The van der Waals surface area contributed by atoms with Crippen molar-refractivity contribution in [3.63, 3.8) is 0 Å². The van der Waals surface area contributed by atoms with Gasteiger partial charge in [-0.25, -0.2) is 0 Å². The maximum absolute atomic E-state index is 12.7. The van der Waals surface area contributed by atoms with Crippen molar-refractivity contribution in [2.75, 3.05) is 6.54 Å². The normalized spacial score (nSPS) is 20.7. The fourth-order valence-electron chi connectivity index (χ4n) is 2.97. The minimum Gasteiger partial charge on any atom is -0.508 e. The molecule has 7 nitrogen and oxygen atoms in total. The number of hydrogen-bond acceptors (Lipinski definition) is 5. The van der Waals surface area contributed by atoms with Gasteiger partial charge in [-0.1, -0.05) is 26.0 Å². The Bertz CT molecular complexity index is 681. The van der Waals surface area contributed by atoms with Gasteiger partial charge in [0.05, 0.1) is 18.4 Å². The molecule has 0 radical (unpaired) electrons. The minimum atomic E-state index is -1.18. The van der Waals surface area contributed by atoms with Crippen LogP contribution in [-0.2, 0) is 19.2 Å². The van der Waals surface area contributed by atoms with E-state index in [9.17, 15) is 24.3 Å². The first-order valence-corrected chi connectivity index (χ1v) is 7.69. The fraction of sp³-hybridized carbons (Fsp3) is 0.412. The number of primary amides is 1. The van der Waals surface area contributed by atoms with Crippen LogP contribution in [0.1, 0.15) is 31.7 Å². The van der Waals surface area contributed by atoms with Crippen molar-refractivity contribution in [1.82, 2.24) is 4.90 Å². The Labute approximate surface area is 139 Å². The van der Waals surface area contributed by atoms with E-state index in [4.69, 9.17) is 5.73 Å². The van der Waals surface area contributed by atoms with Gasteiger partial charge in [-0.15, -0.1) is 0 Å². The lowest BCUT2D eigenvalue weighted by molar-refractivity contribution is -0.145. The quantitative estimate of drug-likeness (QED) is 0.583. The van der Waals surface area contributed by atoms with Gasteiger partial charge in [0, 0.05) is 0 Å². The zero-order valence-corrected chi connectivity index (χ0v) is 13.6. The second kappa shape index (κ2) is 6.82. The number of phenolic OH excluding ortho intramolecular Hbond substituents is 1. The number of likely N-dealkylation sites (tertiary alicyclic amines) is 1. The summed E-state index contributed by atoms with van der Waals surface area (Å²) < 4.78 is 0. The van der Waals surface area contributed by atoms with Gasteiger partial charge < -0.3 is 10.8 Å². The highest BCUT2D eigenvalue weighted by atomic mass is 16.3. The molecule has 2 atom stereocenters. The van der Waals surface area contributed by atoms with Crippen LogP contribution in [0.25, 0.3) is 0 Å². The Hall–Kier alpha value is -2.70. The van der Waals surface area contributed by atoms with E-state index in [0.717, 1.165) is 4.90 Å². The van der Waals surface area contributed by atoms with Crippen molar-refractivity contribution >= 4 is 23.5 Å². The van der Waals surface area contributed by atoms with Crippen LogP contribution in [0.3, 0.4) is 0 Å². The molecule has 0 spiro atoms. The van der Waals surface area contributed by atoms with E-state index in [0.29, 0.717) is 12.0 Å². The SMILES string of the molecule is CC(C)CC1C(=O)N(CC(=O)C(N)=O)C(=O)C1c1ccc(O)cc1. The molecule has 1 fully saturated rings. The van der Waals surface area contributed by atoms with Crippen LogP contribution in [0.2, 0.25) is 0 Å². The summed E-state index contributed by atoms with van der Waals surface area (Å²) in [6.45, 7) is 3.24. The van der Waals surface area contributed by atoms with Crippen LogP contribution >= 0.6 is 0 Å². The molecule has 0 saturated carbocycles. The minimum absolute atomic E-state index is 0.0525. The van der Waals surface area contributed by atoms with Crippen LogP contribution in [-0.4, -0.2) is 40.1 Å². The Morgan fingerprint density at radius 2 is 1.75 bits per heavy atom. The van der Waals surface area contributed by atoms with Gasteiger partial charge in [0.2, 0.25) is 17.6 Å². The molecule has 0 aromatic heterocycles. The summed E-state index contributed by atoms with van der Waals surface area (Å²) in [5, 5.41) is 9.40. The lowest BCUT2D eigenvalue weighted by Crippen LogP contribution is -2.40. The third kappa shape index (κ3) is 3.45. The van der Waals surface area contributed by atoms with Gasteiger partial charge in [0.25, 0.3) is 5.91 Å². The summed E-state index contributed by atoms with van der Waals surface area (Å²) in [7, 11) is 0. The average Bonchev–Trinajstić information content (AvgIpc) is 2.72. The van der Waals surface area contributed by atoms with E-state index in [1.165, 1.54) is 12.1 Å². The second-order valence-corrected chi connectivity index (χ2v) is 6.36. The topological polar surface area (TPSA) is 118 Å². The number of Topliss-reactive ketones (excluding diaryl/α,β-unsaturated/α-hetero) is 1. The van der Waals surface area contributed by atoms with Gasteiger partial charge in [0.1, 0.15) is 5.75 Å². The maximum Gasteiger partial charge on any atom is 0.286 e. The molecular formula is C17H20N2O5. The first-order valence-electron chi connectivity index (χ1n) is 7.69. The third-order valence-corrected chi connectivity index (χ3v) is 4.07. The summed E-state index contributed by atoms with van der Waals surface area (Å²) in [4.78, 5) is 48.6. The number of imide groups is 1. The lowest BCUT2D eigenvalue weighted by Gasteiger charge is -2.17. The largest absolute Gasteiger partial charge is 0.508 e. The standard InChI is InChI=1S/C17H20N2O5/c1-9(2)7-12-14(10-3-5-11(20)6-4-10)17(24)19(16(12)23)8-13(21)15(18)22/h3-6,9,12,14,20H,7-8H2,1-2H3,(H2,18,22). The van der Waals surface area contributed by atoms with Crippen molar-refractivity contribution in [2.24, 2.45) is 17.6 Å². The first-order chi connectivity index (χ1) is 11.2. The highest BCUT2D eigenvalue weighted by Crippen LogP contribution is 2.38. The zero-order chi connectivity index (χ0) is 18.0. The number of hydrogen-bond donors (Lipinski definition) is 2. The van der Waals surface area contributed by atoms with Gasteiger partial charge >= 0.3 is 0 Å². The molecule has 1 heterocycles. The Balaban J connectivity index is 2.37. The monoisotopic (exact) mass is 332 g/mol. The molecule has 24 heavy (non-hydrogen) atoms. The van der Waals surface area contributed by atoms with Gasteiger partial charge in [-0.05, 0) is 30.0 Å². The summed E-state index contributed by atoms with van der Waals surface area (Å²) in [6, 6.07) is 6.04. The number of amides is 3. The smallest absolute Gasteiger partial charge is 0.286 e. The number of nitrogens with two attached hydrogens (primary N) is 1. The Morgan fingerprint density at radius 3 is 2.25 bits per heavy atom. The van der Waals surface area contributed by atoms with Gasteiger partial charge in [0.15, 0.2) is 0 Å². The molecule has 1 aromatic rings. The van der Waals surface area contributed by atoms with Crippen LogP contribution in [0.15, 0.2) is 24.3 Å². The molecule has 2 unspecified atom stereocenters. The summed E-state index contributed by atoms with van der Waals surface area (Å²) in [5.41, 5.74) is 5.51. The van der Waals surface area contributed by atoms with Crippen molar-refractivity contribution in [1.29, 1.82) is 0 Å². The van der Waals surface area contributed by atoms with Gasteiger partial charge in [-0.3, -0.25) is 24.1 Å². The molecule has 1 aromatic carbocycles. The molecule has 3 amide bonds. The maximum atomic E-state index is 12.7. The molecule has 0 bridgehead atoms. The van der Waals surface area contributed by atoms with Crippen molar-refractivity contribution in [3.05, 3.63) is 29.8 Å². The van der Waals surface area contributed by atoms with Crippen LogP contribution in [0.5, 0.6) is 5.75 Å². The molecule has 1 aliphatic heterocycles. The van der Waals surface area contributed by atoms with Crippen molar-refractivity contribution < 1.29 is 24.3 Å². The number of phenols is 1. The van der Waals surface area contributed by atoms with Crippen LogP contribution < -0.4 is 5.73 Å². The molecule has 0 aliphatic carbocycles. The predicted octanol–water partition coefficient (Wildman–Crippen LogP) is 0.561. The van der Waals surface area contributed by atoms with E-state index < -0.39 is 41.9 Å². The molecular weight excluding hydrogens is 312 g/mol. The molecule has 3 N–H and O–H groups in total.